The van der Waals surface area contributed by atoms with Gasteiger partial charge in [-0.2, -0.15) is 0 Å². The molecule has 2 N–H and O–H groups in total. The van der Waals surface area contributed by atoms with Gasteiger partial charge in [0.15, 0.2) is 0 Å². The Morgan fingerprint density at radius 1 is 1.25 bits per heavy atom. The molecule has 0 saturated carbocycles. The van der Waals surface area contributed by atoms with E-state index in [9.17, 15) is 0 Å². The van der Waals surface area contributed by atoms with E-state index in [0.29, 0.717) is 22.3 Å². The van der Waals surface area contributed by atoms with Crippen molar-refractivity contribution in [2.75, 3.05) is 0 Å². The van der Waals surface area contributed by atoms with Crippen molar-refractivity contribution in [1.29, 1.82) is 0 Å². The van der Waals surface area contributed by atoms with Crippen molar-refractivity contribution in [2.45, 2.75) is 26.7 Å². The molecule has 0 radical (unpaired) electrons. The first kappa shape index (κ1) is 14.5. The van der Waals surface area contributed by atoms with Gasteiger partial charge in [-0.3, -0.25) is 0 Å². The molecule has 4 heteroatoms. The number of pyridine rings is 1. The smallest absolute Gasteiger partial charge is 0.229 e. The van der Waals surface area contributed by atoms with E-state index in [-0.39, 0.29) is 0 Å². The van der Waals surface area contributed by atoms with Crippen LogP contribution in [0.3, 0.4) is 0 Å². The maximum Gasteiger partial charge on any atom is 0.229 e. The second-order valence-corrected chi connectivity index (χ2v) is 5.41. The predicted octanol–water partition coefficient (Wildman–Crippen LogP) is 3.94. The normalized spacial score (nSPS) is 10.6. The fourth-order valence-corrected chi connectivity index (χ4v) is 2.31. The summed E-state index contributed by atoms with van der Waals surface area (Å²) in [6.45, 7) is 6.19. The van der Waals surface area contributed by atoms with Gasteiger partial charge in [-0.05, 0) is 36.1 Å². The van der Waals surface area contributed by atoms with Gasteiger partial charge in [0, 0.05) is 6.20 Å². The standard InChI is InChI=1S/C16H18N2OS/c1-10(2)12-6-4-5-7-13(12)19-16-14(15(17)20)11(3)8-9-18-16/h4-10H,1-3H3,(H2,17,20). The molecule has 20 heavy (non-hydrogen) atoms. The van der Waals surface area contributed by atoms with Crippen LogP contribution in [0.15, 0.2) is 36.5 Å². The molecular formula is C16H18N2OS. The van der Waals surface area contributed by atoms with Gasteiger partial charge in [-0.25, -0.2) is 4.98 Å². The molecule has 104 valence electrons. The van der Waals surface area contributed by atoms with Gasteiger partial charge in [0.1, 0.15) is 10.7 Å². The lowest BCUT2D eigenvalue weighted by Gasteiger charge is -2.15. The Balaban J connectivity index is 2.46. The zero-order chi connectivity index (χ0) is 14.7. The second-order valence-electron chi connectivity index (χ2n) is 4.97. The highest BCUT2D eigenvalue weighted by Crippen LogP contribution is 2.31. The third-order valence-corrected chi connectivity index (χ3v) is 3.32. The van der Waals surface area contributed by atoms with Gasteiger partial charge >= 0.3 is 0 Å². The highest BCUT2D eigenvalue weighted by molar-refractivity contribution is 7.80. The molecule has 0 amide bonds. The van der Waals surface area contributed by atoms with Crippen LogP contribution in [0.2, 0.25) is 0 Å². The molecule has 0 aliphatic carbocycles. The molecule has 0 unspecified atom stereocenters. The van der Waals surface area contributed by atoms with Gasteiger partial charge in [0.2, 0.25) is 5.88 Å². The van der Waals surface area contributed by atoms with Crippen LogP contribution in [0.5, 0.6) is 11.6 Å². The van der Waals surface area contributed by atoms with Gasteiger partial charge in [-0.15, -0.1) is 0 Å². The number of aromatic nitrogens is 1. The number of ether oxygens (including phenoxy) is 1. The van der Waals surface area contributed by atoms with Crippen LogP contribution < -0.4 is 10.5 Å². The Kier molecular flexibility index (Phi) is 4.35. The molecule has 1 aromatic heterocycles. The largest absolute Gasteiger partial charge is 0.438 e. The van der Waals surface area contributed by atoms with E-state index < -0.39 is 0 Å². The molecule has 0 atom stereocenters. The van der Waals surface area contributed by atoms with Gasteiger partial charge in [-0.1, -0.05) is 44.3 Å². The Hall–Kier alpha value is -1.94. The monoisotopic (exact) mass is 286 g/mol. The number of aryl methyl sites for hydroxylation is 1. The van der Waals surface area contributed by atoms with E-state index in [1.807, 2.05) is 31.2 Å². The number of thiocarbonyl (C=S) groups is 1. The molecule has 0 bridgehead atoms. The highest BCUT2D eigenvalue weighted by Gasteiger charge is 2.14. The van der Waals surface area contributed by atoms with Crippen LogP contribution in [0.25, 0.3) is 0 Å². The molecule has 0 spiro atoms. The van der Waals surface area contributed by atoms with Crippen molar-refractivity contribution < 1.29 is 4.74 Å². The predicted molar refractivity (Wildman–Crippen MR) is 85.5 cm³/mol. The molecular weight excluding hydrogens is 268 g/mol. The summed E-state index contributed by atoms with van der Waals surface area (Å²) in [6, 6.07) is 9.80. The first-order valence-corrected chi connectivity index (χ1v) is 6.93. The number of nitrogens with zero attached hydrogens (tertiary/aromatic N) is 1. The minimum Gasteiger partial charge on any atom is -0.438 e. The Morgan fingerprint density at radius 3 is 2.60 bits per heavy atom. The average molecular weight is 286 g/mol. The molecule has 0 aliphatic heterocycles. The van der Waals surface area contributed by atoms with Crippen molar-refractivity contribution in [1.82, 2.24) is 4.98 Å². The summed E-state index contributed by atoms with van der Waals surface area (Å²) in [4.78, 5) is 4.57. The second kappa shape index (κ2) is 6.01. The average Bonchev–Trinajstić information content (AvgIpc) is 2.38. The fourth-order valence-electron chi connectivity index (χ4n) is 2.07. The molecule has 3 nitrogen and oxygen atoms in total. The van der Waals surface area contributed by atoms with Gasteiger partial charge in [0.05, 0.1) is 5.56 Å². The zero-order valence-corrected chi connectivity index (χ0v) is 12.7. The van der Waals surface area contributed by atoms with Crippen LogP contribution in [0.1, 0.15) is 36.5 Å². The quantitative estimate of drug-likeness (QED) is 0.865. The number of hydrogen-bond donors (Lipinski definition) is 1. The number of hydrogen-bond acceptors (Lipinski definition) is 3. The van der Waals surface area contributed by atoms with Crippen LogP contribution in [0.4, 0.5) is 0 Å². The molecule has 2 aromatic rings. The molecule has 0 fully saturated rings. The van der Waals surface area contributed by atoms with E-state index >= 15 is 0 Å². The van der Waals surface area contributed by atoms with Crippen molar-refractivity contribution in [3.05, 3.63) is 53.2 Å². The lowest BCUT2D eigenvalue weighted by Crippen LogP contribution is -2.13. The molecule has 0 aliphatic rings. The van der Waals surface area contributed by atoms with E-state index in [0.717, 1.165) is 16.9 Å². The Bertz CT molecular complexity index is 638. The summed E-state index contributed by atoms with van der Waals surface area (Å²) in [7, 11) is 0. The number of benzene rings is 1. The van der Waals surface area contributed by atoms with Crippen molar-refractivity contribution in [2.24, 2.45) is 5.73 Å². The van der Waals surface area contributed by atoms with Crippen LogP contribution in [-0.4, -0.2) is 9.97 Å². The van der Waals surface area contributed by atoms with Crippen molar-refractivity contribution in [3.8, 4) is 11.6 Å². The highest BCUT2D eigenvalue weighted by atomic mass is 32.1. The van der Waals surface area contributed by atoms with Gasteiger partial charge in [0.25, 0.3) is 0 Å². The fraction of sp³-hybridized carbons (Fsp3) is 0.250. The van der Waals surface area contributed by atoms with Crippen LogP contribution >= 0.6 is 12.2 Å². The third-order valence-electron chi connectivity index (χ3n) is 3.12. The first-order valence-electron chi connectivity index (χ1n) is 6.53. The summed E-state index contributed by atoms with van der Waals surface area (Å²) in [5, 5.41) is 0. The Morgan fingerprint density at radius 2 is 1.95 bits per heavy atom. The summed E-state index contributed by atoms with van der Waals surface area (Å²) in [6.07, 6.45) is 1.70. The SMILES string of the molecule is Cc1ccnc(Oc2ccccc2C(C)C)c1C(N)=S. The summed E-state index contributed by atoms with van der Waals surface area (Å²) in [5.74, 6) is 1.62. The zero-order valence-electron chi connectivity index (χ0n) is 11.9. The van der Waals surface area contributed by atoms with Crippen molar-refractivity contribution >= 4 is 17.2 Å². The van der Waals surface area contributed by atoms with E-state index in [1.165, 1.54) is 0 Å². The molecule has 2 rings (SSSR count). The molecule has 1 aromatic carbocycles. The summed E-state index contributed by atoms with van der Waals surface area (Å²) >= 11 is 5.10. The van der Waals surface area contributed by atoms with Crippen LogP contribution in [0, 0.1) is 6.92 Å². The van der Waals surface area contributed by atoms with E-state index in [2.05, 4.69) is 24.9 Å². The maximum atomic E-state index is 5.97. The third kappa shape index (κ3) is 2.96. The maximum absolute atomic E-state index is 5.97. The minimum absolute atomic E-state index is 0.299. The lowest BCUT2D eigenvalue weighted by molar-refractivity contribution is 0.453. The molecule has 0 saturated heterocycles. The first-order chi connectivity index (χ1) is 9.50. The number of nitrogens with two attached hydrogens (primary N) is 1. The number of rotatable bonds is 4. The number of para-hydroxylation sites is 1. The van der Waals surface area contributed by atoms with Crippen LogP contribution in [-0.2, 0) is 0 Å². The van der Waals surface area contributed by atoms with Gasteiger partial charge < -0.3 is 10.5 Å². The summed E-state index contributed by atoms with van der Waals surface area (Å²) in [5.41, 5.74) is 8.57. The minimum atomic E-state index is 0.299. The van der Waals surface area contributed by atoms with E-state index in [4.69, 9.17) is 22.7 Å². The lowest BCUT2D eigenvalue weighted by atomic mass is 10.0. The topological polar surface area (TPSA) is 48.1 Å². The molecule has 1 heterocycles. The van der Waals surface area contributed by atoms with E-state index in [1.54, 1.807) is 6.20 Å². The Labute approximate surface area is 124 Å². The summed E-state index contributed by atoms with van der Waals surface area (Å²) < 4.78 is 5.97. The van der Waals surface area contributed by atoms with Crippen molar-refractivity contribution in [3.63, 3.8) is 0 Å².